The predicted molar refractivity (Wildman–Crippen MR) is 73.6 cm³/mol. The fraction of sp³-hybridized carbons (Fsp3) is 0.643. The zero-order chi connectivity index (χ0) is 15.1. The summed E-state index contributed by atoms with van der Waals surface area (Å²) in [6.07, 6.45) is 7.17. The molecular weight excluding hydrogens is 258 g/mol. The van der Waals surface area contributed by atoms with Crippen molar-refractivity contribution in [2.45, 2.75) is 51.1 Å². The molecule has 20 heavy (non-hydrogen) atoms. The van der Waals surface area contributed by atoms with E-state index in [0.717, 1.165) is 25.7 Å². The van der Waals surface area contributed by atoms with Crippen molar-refractivity contribution in [3.63, 3.8) is 0 Å². The summed E-state index contributed by atoms with van der Waals surface area (Å²) in [5.74, 6) is -1.78. The molecule has 1 fully saturated rings. The summed E-state index contributed by atoms with van der Waals surface area (Å²) >= 11 is 0. The van der Waals surface area contributed by atoms with Gasteiger partial charge in [0.1, 0.15) is 17.7 Å². The molecule has 1 aliphatic rings. The number of amides is 1. The lowest BCUT2D eigenvalue weighted by Crippen LogP contribution is -2.39. The monoisotopic (exact) mass is 279 g/mol. The van der Waals surface area contributed by atoms with Gasteiger partial charge in [0.15, 0.2) is 0 Å². The van der Waals surface area contributed by atoms with E-state index in [2.05, 4.69) is 5.32 Å². The fourth-order valence-electron chi connectivity index (χ4n) is 2.27. The molecule has 1 aliphatic carbocycles. The van der Waals surface area contributed by atoms with Gasteiger partial charge in [0.2, 0.25) is 0 Å². The first-order valence-electron chi connectivity index (χ1n) is 6.83. The zero-order valence-corrected chi connectivity index (χ0v) is 11.9. The van der Waals surface area contributed by atoms with Crippen LogP contribution < -0.4 is 5.32 Å². The molecule has 1 amide bonds. The van der Waals surface area contributed by atoms with Crippen LogP contribution in [0.4, 0.5) is 0 Å². The molecule has 0 aromatic rings. The molecule has 0 aromatic heterocycles. The molecule has 0 spiro atoms. The van der Waals surface area contributed by atoms with Gasteiger partial charge in [0, 0.05) is 19.3 Å². The SMILES string of the molecule is CC(NC(=O)/C(C#N)=C\N(C)C1CCCCC1)C(=O)O. The maximum absolute atomic E-state index is 11.8. The number of nitrogens with zero attached hydrogens (tertiary/aromatic N) is 2. The van der Waals surface area contributed by atoms with E-state index in [1.807, 2.05) is 18.0 Å². The Morgan fingerprint density at radius 3 is 2.50 bits per heavy atom. The van der Waals surface area contributed by atoms with E-state index in [0.29, 0.717) is 6.04 Å². The maximum Gasteiger partial charge on any atom is 0.325 e. The number of rotatable bonds is 5. The van der Waals surface area contributed by atoms with Gasteiger partial charge in [-0.25, -0.2) is 0 Å². The average molecular weight is 279 g/mol. The highest BCUT2D eigenvalue weighted by Gasteiger charge is 2.20. The van der Waals surface area contributed by atoms with E-state index in [-0.39, 0.29) is 5.57 Å². The standard InChI is InChI=1S/C14H21N3O3/c1-10(14(19)20)16-13(18)11(8-15)9-17(2)12-6-4-3-5-7-12/h9-10,12H,3-7H2,1-2H3,(H,16,18)(H,19,20)/b11-9-. The van der Waals surface area contributed by atoms with E-state index in [1.54, 1.807) is 0 Å². The number of carboxylic acid groups (broad SMARTS) is 1. The lowest BCUT2D eigenvalue weighted by molar-refractivity contribution is -0.140. The minimum absolute atomic E-state index is 0.0637. The molecule has 1 atom stereocenters. The van der Waals surface area contributed by atoms with Crippen molar-refractivity contribution in [2.75, 3.05) is 7.05 Å². The predicted octanol–water partition coefficient (Wildman–Crippen LogP) is 1.25. The number of aliphatic carboxylic acids is 1. The fourth-order valence-corrected chi connectivity index (χ4v) is 2.27. The molecule has 0 heterocycles. The first-order valence-corrected chi connectivity index (χ1v) is 6.83. The molecule has 0 bridgehead atoms. The van der Waals surface area contributed by atoms with Gasteiger partial charge in [0.05, 0.1) is 0 Å². The average Bonchev–Trinajstić information content (AvgIpc) is 2.44. The van der Waals surface area contributed by atoms with Gasteiger partial charge in [-0.05, 0) is 19.8 Å². The molecule has 2 N–H and O–H groups in total. The second kappa shape index (κ2) is 7.53. The summed E-state index contributed by atoms with van der Waals surface area (Å²) in [6.45, 7) is 1.36. The Morgan fingerprint density at radius 2 is 2.00 bits per heavy atom. The molecule has 1 unspecified atom stereocenters. The first kappa shape index (κ1) is 16.0. The molecule has 110 valence electrons. The second-order valence-corrected chi connectivity index (χ2v) is 5.15. The minimum atomic E-state index is -1.13. The van der Waals surface area contributed by atoms with Crippen LogP contribution in [-0.2, 0) is 9.59 Å². The lowest BCUT2D eigenvalue weighted by atomic mass is 9.94. The van der Waals surface area contributed by atoms with Crippen molar-refractivity contribution in [3.8, 4) is 6.07 Å². The Balaban J connectivity index is 2.68. The van der Waals surface area contributed by atoms with Crippen LogP contribution in [0.15, 0.2) is 11.8 Å². The highest BCUT2D eigenvalue weighted by atomic mass is 16.4. The number of hydrogen-bond donors (Lipinski definition) is 2. The number of hydrogen-bond acceptors (Lipinski definition) is 4. The van der Waals surface area contributed by atoms with Crippen LogP contribution in [0.2, 0.25) is 0 Å². The third-order valence-corrected chi connectivity index (χ3v) is 3.57. The second-order valence-electron chi connectivity index (χ2n) is 5.15. The molecule has 0 saturated heterocycles. The molecule has 6 heteroatoms. The maximum atomic E-state index is 11.8. The lowest BCUT2D eigenvalue weighted by Gasteiger charge is -2.30. The summed E-state index contributed by atoms with van der Waals surface area (Å²) in [4.78, 5) is 24.4. The van der Waals surface area contributed by atoms with Gasteiger partial charge in [-0.2, -0.15) is 5.26 Å². The van der Waals surface area contributed by atoms with Crippen LogP contribution in [0.3, 0.4) is 0 Å². The third-order valence-electron chi connectivity index (χ3n) is 3.57. The van der Waals surface area contributed by atoms with Crippen molar-refractivity contribution in [2.24, 2.45) is 0 Å². The molecular formula is C14H21N3O3. The molecule has 0 radical (unpaired) electrons. The Morgan fingerprint density at radius 1 is 1.40 bits per heavy atom. The molecule has 0 aliphatic heterocycles. The zero-order valence-electron chi connectivity index (χ0n) is 11.9. The number of nitriles is 1. The van der Waals surface area contributed by atoms with Gasteiger partial charge >= 0.3 is 5.97 Å². The van der Waals surface area contributed by atoms with Crippen molar-refractivity contribution >= 4 is 11.9 Å². The van der Waals surface area contributed by atoms with E-state index >= 15 is 0 Å². The summed E-state index contributed by atoms with van der Waals surface area (Å²) in [7, 11) is 1.85. The number of carbonyl (C=O) groups excluding carboxylic acids is 1. The van der Waals surface area contributed by atoms with Gasteiger partial charge in [-0.1, -0.05) is 19.3 Å². The van der Waals surface area contributed by atoms with Gasteiger partial charge in [-0.15, -0.1) is 0 Å². The molecule has 6 nitrogen and oxygen atoms in total. The number of carbonyl (C=O) groups is 2. The summed E-state index contributed by atoms with van der Waals surface area (Å²) in [5, 5.41) is 20.1. The summed E-state index contributed by atoms with van der Waals surface area (Å²) in [6, 6.07) is 1.16. The van der Waals surface area contributed by atoms with Crippen molar-refractivity contribution in [3.05, 3.63) is 11.8 Å². The van der Waals surface area contributed by atoms with Crippen LogP contribution in [0.5, 0.6) is 0 Å². The van der Waals surface area contributed by atoms with Crippen LogP contribution in [-0.4, -0.2) is 41.0 Å². The minimum Gasteiger partial charge on any atom is -0.480 e. The molecule has 1 saturated carbocycles. The van der Waals surface area contributed by atoms with Crippen molar-refractivity contribution in [1.82, 2.24) is 10.2 Å². The van der Waals surface area contributed by atoms with Crippen LogP contribution in [0.25, 0.3) is 0 Å². The van der Waals surface area contributed by atoms with Gasteiger partial charge in [-0.3, -0.25) is 9.59 Å². The Kier molecular flexibility index (Phi) is 6.04. The van der Waals surface area contributed by atoms with Crippen LogP contribution in [0.1, 0.15) is 39.0 Å². The van der Waals surface area contributed by atoms with Gasteiger partial charge in [0.25, 0.3) is 5.91 Å². The van der Waals surface area contributed by atoms with Crippen LogP contribution >= 0.6 is 0 Å². The number of carboxylic acids is 1. The summed E-state index contributed by atoms with van der Waals surface area (Å²) < 4.78 is 0. The highest BCUT2D eigenvalue weighted by molar-refractivity contribution is 5.99. The topological polar surface area (TPSA) is 93.4 Å². The van der Waals surface area contributed by atoms with E-state index < -0.39 is 17.9 Å². The van der Waals surface area contributed by atoms with Crippen LogP contribution in [0, 0.1) is 11.3 Å². The normalized spacial score (nSPS) is 17.9. The first-order chi connectivity index (χ1) is 9.45. The smallest absolute Gasteiger partial charge is 0.325 e. The Labute approximate surface area is 119 Å². The highest BCUT2D eigenvalue weighted by Crippen LogP contribution is 2.22. The van der Waals surface area contributed by atoms with Crippen molar-refractivity contribution < 1.29 is 14.7 Å². The van der Waals surface area contributed by atoms with E-state index in [1.165, 1.54) is 19.5 Å². The Bertz CT molecular complexity index is 433. The third kappa shape index (κ3) is 4.57. The van der Waals surface area contributed by atoms with E-state index in [9.17, 15) is 9.59 Å². The quantitative estimate of drug-likeness (QED) is 0.583. The van der Waals surface area contributed by atoms with Crippen molar-refractivity contribution in [1.29, 1.82) is 5.26 Å². The molecule has 0 aromatic carbocycles. The largest absolute Gasteiger partial charge is 0.480 e. The number of nitrogens with one attached hydrogen (secondary N) is 1. The van der Waals surface area contributed by atoms with E-state index in [4.69, 9.17) is 10.4 Å². The summed E-state index contributed by atoms with van der Waals surface area (Å²) in [5.41, 5.74) is -0.0637. The molecule has 1 rings (SSSR count). The van der Waals surface area contributed by atoms with Gasteiger partial charge < -0.3 is 15.3 Å². The Hall–Kier alpha value is -2.03.